The molecule has 24 heavy (non-hydrogen) atoms. The summed E-state index contributed by atoms with van der Waals surface area (Å²) in [5, 5.41) is 3.18. The fraction of sp³-hybridized carbons (Fsp3) is 0.176. The van der Waals surface area contributed by atoms with Crippen LogP contribution in [0.25, 0.3) is 0 Å². The lowest BCUT2D eigenvalue weighted by atomic mass is 10.2. The highest BCUT2D eigenvalue weighted by molar-refractivity contribution is 6.48. The summed E-state index contributed by atoms with van der Waals surface area (Å²) in [4.78, 5) is 23.7. The van der Waals surface area contributed by atoms with Gasteiger partial charge in [0.1, 0.15) is 6.61 Å². The predicted molar refractivity (Wildman–Crippen MR) is 94.7 cm³/mol. The second kappa shape index (κ2) is 8.92. The first-order valence-electron chi connectivity index (χ1n) is 7.09. The van der Waals surface area contributed by atoms with Gasteiger partial charge in [-0.25, -0.2) is 0 Å². The van der Waals surface area contributed by atoms with Crippen LogP contribution >= 0.6 is 34.8 Å². The fourth-order valence-electron chi connectivity index (χ4n) is 1.88. The lowest BCUT2D eigenvalue weighted by molar-refractivity contribution is -0.144. The van der Waals surface area contributed by atoms with Crippen molar-refractivity contribution in [3.05, 3.63) is 68.7 Å². The molecule has 126 valence electrons. The Morgan fingerprint density at radius 3 is 2.25 bits per heavy atom. The van der Waals surface area contributed by atoms with E-state index in [1.54, 1.807) is 0 Å². The summed E-state index contributed by atoms with van der Waals surface area (Å²) in [5.74, 6) is -0.794. The number of nitrogens with one attached hydrogen (secondary N) is 1. The van der Waals surface area contributed by atoms with Crippen LogP contribution in [0.15, 0.2) is 42.5 Å². The van der Waals surface area contributed by atoms with E-state index in [0.717, 1.165) is 5.56 Å². The van der Waals surface area contributed by atoms with Gasteiger partial charge in [0.2, 0.25) is 0 Å². The maximum absolute atomic E-state index is 12.0. The van der Waals surface area contributed by atoms with Gasteiger partial charge in [-0.1, -0.05) is 65.1 Å². The molecule has 0 saturated heterocycles. The molecule has 0 aliphatic heterocycles. The van der Waals surface area contributed by atoms with Crippen molar-refractivity contribution in [1.82, 2.24) is 5.32 Å². The molecule has 2 rings (SSSR count). The van der Waals surface area contributed by atoms with Gasteiger partial charge in [-0.3, -0.25) is 9.59 Å². The third kappa shape index (κ3) is 5.41. The highest BCUT2D eigenvalue weighted by Crippen LogP contribution is 2.31. The molecule has 0 saturated carbocycles. The van der Waals surface area contributed by atoms with Crippen LogP contribution in [-0.2, 0) is 16.1 Å². The van der Waals surface area contributed by atoms with Crippen LogP contribution in [-0.4, -0.2) is 18.4 Å². The molecule has 0 heterocycles. The number of carbonyl (C=O) groups excluding carboxylic acids is 2. The Balaban J connectivity index is 1.77. The smallest absolute Gasteiger partial charge is 0.307 e. The average Bonchev–Trinajstić information content (AvgIpc) is 2.58. The molecule has 0 radical (unpaired) electrons. The number of esters is 1. The standard InChI is InChI=1S/C17H14Cl3NO3/c18-13-8-12(9-14(19)16(13)20)17(23)21-7-6-15(22)24-10-11-4-2-1-3-5-11/h1-5,8-9H,6-7,10H2,(H,21,23). The third-order valence-electron chi connectivity index (χ3n) is 3.10. The van der Waals surface area contributed by atoms with E-state index >= 15 is 0 Å². The minimum atomic E-state index is -0.397. The number of amides is 1. The highest BCUT2D eigenvalue weighted by Gasteiger charge is 2.12. The SMILES string of the molecule is O=C(CCNC(=O)c1cc(Cl)c(Cl)c(Cl)c1)OCc1ccccc1. The molecular formula is C17H14Cl3NO3. The van der Waals surface area contributed by atoms with E-state index < -0.39 is 11.9 Å². The summed E-state index contributed by atoms with van der Waals surface area (Å²) in [6.45, 7) is 0.348. The molecule has 2 aromatic rings. The number of hydrogen-bond donors (Lipinski definition) is 1. The van der Waals surface area contributed by atoms with Gasteiger partial charge in [-0.2, -0.15) is 0 Å². The molecule has 0 aromatic heterocycles. The fourth-order valence-corrected chi connectivity index (χ4v) is 2.47. The van der Waals surface area contributed by atoms with Gasteiger partial charge in [0.15, 0.2) is 0 Å². The quantitative estimate of drug-likeness (QED) is 0.587. The van der Waals surface area contributed by atoms with Crippen molar-refractivity contribution in [3.63, 3.8) is 0 Å². The largest absolute Gasteiger partial charge is 0.461 e. The zero-order valence-electron chi connectivity index (χ0n) is 12.5. The third-order valence-corrected chi connectivity index (χ3v) is 4.30. The Morgan fingerprint density at radius 1 is 1.00 bits per heavy atom. The molecule has 0 unspecified atom stereocenters. The summed E-state index contributed by atoms with van der Waals surface area (Å²) < 4.78 is 5.12. The lowest BCUT2D eigenvalue weighted by Crippen LogP contribution is -2.26. The molecule has 0 aliphatic carbocycles. The Hall–Kier alpha value is -1.75. The predicted octanol–water partition coefficient (Wildman–Crippen LogP) is 4.51. The van der Waals surface area contributed by atoms with E-state index in [4.69, 9.17) is 39.5 Å². The molecule has 0 bridgehead atoms. The van der Waals surface area contributed by atoms with Crippen LogP contribution < -0.4 is 5.32 Å². The van der Waals surface area contributed by atoms with Crippen LogP contribution in [0.3, 0.4) is 0 Å². The van der Waals surface area contributed by atoms with E-state index in [-0.39, 0.29) is 40.2 Å². The van der Waals surface area contributed by atoms with E-state index in [0.29, 0.717) is 0 Å². The summed E-state index contributed by atoms with van der Waals surface area (Å²) in [7, 11) is 0. The van der Waals surface area contributed by atoms with E-state index in [2.05, 4.69) is 5.32 Å². The van der Waals surface area contributed by atoms with E-state index in [1.165, 1.54) is 12.1 Å². The molecule has 0 atom stereocenters. The number of ether oxygens (including phenoxy) is 1. The molecule has 0 aliphatic rings. The topological polar surface area (TPSA) is 55.4 Å². The molecule has 1 amide bonds. The number of halogens is 3. The van der Waals surface area contributed by atoms with Gasteiger partial charge >= 0.3 is 5.97 Å². The molecule has 2 aromatic carbocycles. The molecule has 7 heteroatoms. The number of carbonyl (C=O) groups is 2. The van der Waals surface area contributed by atoms with Crippen molar-refractivity contribution < 1.29 is 14.3 Å². The Labute approximate surface area is 154 Å². The Morgan fingerprint density at radius 2 is 1.62 bits per heavy atom. The van der Waals surface area contributed by atoms with Crippen LogP contribution in [0.5, 0.6) is 0 Å². The minimum Gasteiger partial charge on any atom is -0.461 e. The highest BCUT2D eigenvalue weighted by atomic mass is 35.5. The van der Waals surface area contributed by atoms with Gasteiger partial charge in [0, 0.05) is 12.1 Å². The second-order valence-electron chi connectivity index (χ2n) is 4.91. The summed E-state index contributed by atoms with van der Waals surface area (Å²) in [6, 6.07) is 12.2. The van der Waals surface area contributed by atoms with E-state index in [9.17, 15) is 9.59 Å². The number of benzene rings is 2. The first kappa shape index (κ1) is 18.6. The number of rotatable bonds is 6. The second-order valence-corrected chi connectivity index (χ2v) is 6.10. The molecule has 0 fully saturated rings. The first-order valence-corrected chi connectivity index (χ1v) is 8.23. The maximum Gasteiger partial charge on any atom is 0.307 e. The normalized spacial score (nSPS) is 10.3. The van der Waals surface area contributed by atoms with E-state index in [1.807, 2.05) is 30.3 Å². The van der Waals surface area contributed by atoms with Crippen LogP contribution in [0.2, 0.25) is 15.1 Å². The van der Waals surface area contributed by atoms with Crippen molar-refractivity contribution in [3.8, 4) is 0 Å². The van der Waals surface area contributed by atoms with Crippen molar-refractivity contribution in [2.45, 2.75) is 13.0 Å². The summed E-state index contributed by atoms with van der Waals surface area (Å²) in [6.07, 6.45) is 0.0631. The molecule has 4 nitrogen and oxygen atoms in total. The number of hydrogen-bond acceptors (Lipinski definition) is 3. The van der Waals surface area contributed by atoms with Crippen molar-refractivity contribution in [2.75, 3.05) is 6.54 Å². The van der Waals surface area contributed by atoms with Crippen LogP contribution in [0.1, 0.15) is 22.3 Å². The Kier molecular flexibility index (Phi) is 6.91. The molecule has 1 N–H and O–H groups in total. The molecule has 0 spiro atoms. The Bertz CT molecular complexity index is 712. The van der Waals surface area contributed by atoms with Crippen molar-refractivity contribution in [1.29, 1.82) is 0 Å². The minimum absolute atomic E-state index is 0.0631. The van der Waals surface area contributed by atoms with Crippen LogP contribution in [0.4, 0.5) is 0 Å². The van der Waals surface area contributed by atoms with Gasteiger partial charge in [0.25, 0.3) is 5.91 Å². The van der Waals surface area contributed by atoms with Gasteiger partial charge in [-0.05, 0) is 17.7 Å². The van der Waals surface area contributed by atoms with Crippen molar-refractivity contribution in [2.24, 2.45) is 0 Å². The summed E-state index contributed by atoms with van der Waals surface area (Å²) in [5.41, 5.74) is 1.17. The summed E-state index contributed by atoms with van der Waals surface area (Å²) >= 11 is 17.6. The average molecular weight is 387 g/mol. The monoisotopic (exact) mass is 385 g/mol. The van der Waals surface area contributed by atoms with Gasteiger partial charge < -0.3 is 10.1 Å². The zero-order chi connectivity index (χ0) is 17.5. The molecular weight excluding hydrogens is 373 g/mol. The maximum atomic E-state index is 12.0. The van der Waals surface area contributed by atoms with Crippen molar-refractivity contribution >= 4 is 46.7 Å². The zero-order valence-corrected chi connectivity index (χ0v) is 14.8. The van der Waals surface area contributed by atoms with Gasteiger partial charge in [-0.15, -0.1) is 0 Å². The lowest BCUT2D eigenvalue weighted by Gasteiger charge is -2.08. The first-order chi connectivity index (χ1) is 11.5. The van der Waals surface area contributed by atoms with Crippen LogP contribution in [0, 0.1) is 0 Å². The van der Waals surface area contributed by atoms with Gasteiger partial charge in [0.05, 0.1) is 21.5 Å².